The van der Waals surface area contributed by atoms with Crippen LogP contribution in [0.3, 0.4) is 0 Å². The summed E-state index contributed by atoms with van der Waals surface area (Å²) in [5, 5.41) is 3.02. The standard InChI is InChI=1S/C8H19NO2/c1-5-7-8(9-3,10-4)11-6-2/h9H,5-7H2,1-4H3. The van der Waals surface area contributed by atoms with Crippen LogP contribution in [-0.2, 0) is 9.47 Å². The van der Waals surface area contributed by atoms with E-state index in [1.54, 1.807) is 7.11 Å². The minimum Gasteiger partial charge on any atom is -0.341 e. The lowest BCUT2D eigenvalue weighted by atomic mass is 10.2. The van der Waals surface area contributed by atoms with Crippen molar-refractivity contribution < 1.29 is 9.47 Å². The number of ether oxygens (including phenoxy) is 2. The van der Waals surface area contributed by atoms with Gasteiger partial charge in [0.1, 0.15) is 0 Å². The zero-order valence-corrected chi connectivity index (χ0v) is 7.94. The molecule has 0 aromatic carbocycles. The number of methoxy groups -OCH3 is 1. The third kappa shape index (κ3) is 3.18. The van der Waals surface area contributed by atoms with E-state index in [0.29, 0.717) is 6.61 Å². The first-order valence-electron chi connectivity index (χ1n) is 4.12. The summed E-state index contributed by atoms with van der Waals surface area (Å²) < 4.78 is 10.7. The fraction of sp³-hybridized carbons (Fsp3) is 1.00. The molecular weight excluding hydrogens is 142 g/mol. The third-order valence-corrected chi connectivity index (χ3v) is 1.67. The van der Waals surface area contributed by atoms with Crippen molar-refractivity contribution in [3.8, 4) is 0 Å². The molecule has 68 valence electrons. The summed E-state index contributed by atoms with van der Waals surface area (Å²) in [5.74, 6) is -0.566. The highest BCUT2D eigenvalue weighted by atomic mass is 16.7. The average Bonchev–Trinajstić information content (AvgIpc) is 2.04. The molecule has 0 heterocycles. The molecule has 1 unspecified atom stereocenters. The Hall–Kier alpha value is -0.120. The second kappa shape index (κ2) is 5.52. The lowest BCUT2D eigenvalue weighted by Crippen LogP contribution is -2.47. The highest BCUT2D eigenvalue weighted by Crippen LogP contribution is 2.14. The van der Waals surface area contributed by atoms with Crippen molar-refractivity contribution in [2.24, 2.45) is 0 Å². The van der Waals surface area contributed by atoms with E-state index in [4.69, 9.17) is 9.47 Å². The lowest BCUT2D eigenvalue weighted by Gasteiger charge is -2.30. The maximum atomic E-state index is 5.44. The van der Waals surface area contributed by atoms with Crippen molar-refractivity contribution in [3.63, 3.8) is 0 Å². The normalized spacial score (nSPS) is 16.4. The van der Waals surface area contributed by atoms with Crippen LogP contribution in [0, 0.1) is 0 Å². The predicted octanol–water partition coefficient (Wildman–Crippen LogP) is 1.34. The van der Waals surface area contributed by atoms with E-state index in [1.165, 1.54) is 0 Å². The highest BCUT2D eigenvalue weighted by Gasteiger charge is 2.26. The molecule has 3 nitrogen and oxygen atoms in total. The summed E-state index contributed by atoms with van der Waals surface area (Å²) in [5.41, 5.74) is 0. The second-order valence-corrected chi connectivity index (χ2v) is 2.39. The predicted molar refractivity (Wildman–Crippen MR) is 45.3 cm³/mol. The smallest absolute Gasteiger partial charge is 0.226 e. The van der Waals surface area contributed by atoms with Gasteiger partial charge < -0.3 is 9.47 Å². The van der Waals surface area contributed by atoms with Gasteiger partial charge in [-0.1, -0.05) is 6.92 Å². The van der Waals surface area contributed by atoms with Gasteiger partial charge in [0.2, 0.25) is 5.91 Å². The monoisotopic (exact) mass is 161 g/mol. The first kappa shape index (κ1) is 10.9. The second-order valence-electron chi connectivity index (χ2n) is 2.39. The highest BCUT2D eigenvalue weighted by molar-refractivity contribution is 4.62. The SMILES string of the molecule is CCCC(NC)(OC)OCC. The van der Waals surface area contributed by atoms with Crippen molar-refractivity contribution >= 4 is 0 Å². The maximum absolute atomic E-state index is 5.44. The number of hydrogen-bond acceptors (Lipinski definition) is 3. The first-order valence-corrected chi connectivity index (χ1v) is 4.12. The van der Waals surface area contributed by atoms with E-state index in [1.807, 2.05) is 14.0 Å². The van der Waals surface area contributed by atoms with Crippen LogP contribution in [0.4, 0.5) is 0 Å². The molecule has 0 rings (SSSR count). The Morgan fingerprint density at radius 3 is 2.27 bits per heavy atom. The molecule has 0 aromatic heterocycles. The molecule has 0 aromatic rings. The zero-order chi connectivity index (χ0) is 8.74. The largest absolute Gasteiger partial charge is 0.341 e. The first-order chi connectivity index (χ1) is 5.24. The van der Waals surface area contributed by atoms with Gasteiger partial charge in [0.15, 0.2) is 0 Å². The average molecular weight is 161 g/mol. The van der Waals surface area contributed by atoms with E-state index >= 15 is 0 Å². The van der Waals surface area contributed by atoms with Gasteiger partial charge in [-0.05, 0) is 20.4 Å². The Balaban J connectivity index is 3.96. The van der Waals surface area contributed by atoms with Crippen LogP contribution in [0.25, 0.3) is 0 Å². The summed E-state index contributed by atoms with van der Waals surface area (Å²) in [6.45, 7) is 4.72. The summed E-state index contributed by atoms with van der Waals surface area (Å²) in [6.07, 6.45) is 1.91. The van der Waals surface area contributed by atoms with Gasteiger partial charge in [-0.2, -0.15) is 0 Å². The minimum absolute atomic E-state index is 0.566. The molecule has 0 aliphatic carbocycles. The lowest BCUT2D eigenvalue weighted by molar-refractivity contribution is -0.241. The van der Waals surface area contributed by atoms with E-state index in [9.17, 15) is 0 Å². The Morgan fingerprint density at radius 2 is 2.00 bits per heavy atom. The van der Waals surface area contributed by atoms with Gasteiger partial charge >= 0.3 is 0 Å². The molecule has 0 saturated carbocycles. The fourth-order valence-corrected chi connectivity index (χ4v) is 1.09. The molecule has 1 atom stereocenters. The van der Waals surface area contributed by atoms with Crippen LogP contribution in [0.15, 0.2) is 0 Å². The van der Waals surface area contributed by atoms with Gasteiger partial charge in [0.05, 0.1) is 0 Å². The third-order valence-electron chi connectivity index (χ3n) is 1.67. The summed E-state index contributed by atoms with van der Waals surface area (Å²) >= 11 is 0. The molecule has 11 heavy (non-hydrogen) atoms. The minimum atomic E-state index is -0.566. The summed E-state index contributed by atoms with van der Waals surface area (Å²) in [4.78, 5) is 0. The van der Waals surface area contributed by atoms with Crippen molar-refractivity contribution in [1.82, 2.24) is 5.32 Å². The number of hydrogen-bond donors (Lipinski definition) is 1. The topological polar surface area (TPSA) is 30.5 Å². The Labute approximate surface area is 69.1 Å². The van der Waals surface area contributed by atoms with Crippen LogP contribution in [-0.4, -0.2) is 26.7 Å². The molecular formula is C8H19NO2. The van der Waals surface area contributed by atoms with E-state index in [0.717, 1.165) is 12.8 Å². The number of rotatable bonds is 6. The molecule has 0 aliphatic heterocycles. The van der Waals surface area contributed by atoms with Crippen LogP contribution in [0.1, 0.15) is 26.7 Å². The van der Waals surface area contributed by atoms with Gasteiger partial charge in [-0.15, -0.1) is 0 Å². The Morgan fingerprint density at radius 1 is 1.36 bits per heavy atom. The van der Waals surface area contributed by atoms with Crippen LogP contribution < -0.4 is 5.32 Å². The fourth-order valence-electron chi connectivity index (χ4n) is 1.09. The van der Waals surface area contributed by atoms with Gasteiger partial charge in [-0.3, -0.25) is 5.32 Å². The van der Waals surface area contributed by atoms with Crippen molar-refractivity contribution in [2.75, 3.05) is 20.8 Å². The summed E-state index contributed by atoms with van der Waals surface area (Å²) in [6, 6.07) is 0. The summed E-state index contributed by atoms with van der Waals surface area (Å²) in [7, 11) is 3.50. The molecule has 0 radical (unpaired) electrons. The zero-order valence-electron chi connectivity index (χ0n) is 7.94. The quantitative estimate of drug-likeness (QED) is 0.596. The molecule has 0 spiro atoms. The van der Waals surface area contributed by atoms with Crippen molar-refractivity contribution in [1.29, 1.82) is 0 Å². The van der Waals surface area contributed by atoms with E-state index < -0.39 is 5.91 Å². The number of nitrogens with one attached hydrogen (secondary N) is 1. The molecule has 0 fully saturated rings. The molecule has 0 amide bonds. The maximum Gasteiger partial charge on any atom is 0.226 e. The van der Waals surface area contributed by atoms with Gasteiger partial charge in [0, 0.05) is 20.1 Å². The van der Waals surface area contributed by atoms with Crippen molar-refractivity contribution in [2.45, 2.75) is 32.6 Å². The Kier molecular flexibility index (Phi) is 5.46. The van der Waals surface area contributed by atoms with Crippen molar-refractivity contribution in [3.05, 3.63) is 0 Å². The van der Waals surface area contributed by atoms with Crippen LogP contribution >= 0.6 is 0 Å². The molecule has 0 saturated heterocycles. The van der Waals surface area contributed by atoms with Crippen LogP contribution in [0.5, 0.6) is 0 Å². The van der Waals surface area contributed by atoms with E-state index in [2.05, 4.69) is 12.2 Å². The Bertz CT molecular complexity index is 84.1. The molecule has 0 aliphatic rings. The van der Waals surface area contributed by atoms with Gasteiger partial charge in [0.25, 0.3) is 0 Å². The van der Waals surface area contributed by atoms with Crippen LogP contribution in [0.2, 0.25) is 0 Å². The molecule has 0 bridgehead atoms. The van der Waals surface area contributed by atoms with E-state index in [-0.39, 0.29) is 0 Å². The molecule has 3 heteroatoms. The molecule has 1 N–H and O–H groups in total. The van der Waals surface area contributed by atoms with Gasteiger partial charge in [-0.25, -0.2) is 0 Å².